The summed E-state index contributed by atoms with van der Waals surface area (Å²) in [6.45, 7) is 9.54. The van der Waals surface area contributed by atoms with Crippen LogP contribution in [0.25, 0.3) is 0 Å². The molecule has 0 atom stereocenters. The van der Waals surface area contributed by atoms with Gasteiger partial charge in [-0.2, -0.15) is 0 Å². The molecule has 0 aliphatic heterocycles. The summed E-state index contributed by atoms with van der Waals surface area (Å²) in [5, 5.41) is 0. The average molecular weight is 156 g/mol. The molecule has 0 bridgehead atoms. The summed E-state index contributed by atoms with van der Waals surface area (Å²) in [5.74, 6) is 0. The second-order valence-corrected chi connectivity index (χ2v) is 3.23. The molecule has 0 heterocycles. The Morgan fingerprint density at radius 1 is 1.36 bits per heavy atom. The Morgan fingerprint density at radius 2 is 1.91 bits per heavy atom. The standard InChI is InChI=1S/C9H20N2/c1-6-8-10-9(3,4)11(5)7-2/h8H,6-7H2,1-5H3/b10-8-. The number of hydrogen-bond donors (Lipinski definition) is 0. The number of hydrogen-bond acceptors (Lipinski definition) is 2. The maximum Gasteiger partial charge on any atom is 0.106 e. The first kappa shape index (κ1) is 10.6. The summed E-state index contributed by atoms with van der Waals surface area (Å²) in [7, 11) is 2.09. The fourth-order valence-electron chi connectivity index (χ4n) is 0.800. The van der Waals surface area contributed by atoms with Crippen LogP contribution in [0.1, 0.15) is 34.1 Å². The molecule has 0 aliphatic rings. The average Bonchev–Trinajstić information content (AvgIpc) is 1.99. The highest BCUT2D eigenvalue weighted by atomic mass is 15.3. The molecule has 0 amide bonds. The lowest BCUT2D eigenvalue weighted by Gasteiger charge is -2.30. The first-order valence-electron chi connectivity index (χ1n) is 4.29. The Bertz CT molecular complexity index is 128. The quantitative estimate of drug-likeness (QED) is 0.569. The van der Waals surface area contributed by atoms with Crippen LogP contribution in [0.5, 0.6) is 0 Å². The Kier molecular flexibility index (Phi) is 4.34. The van der Waals surface area contributed by atoms with Gasteiger partial charge in [0.25, 0.3) is 0 Å². The molecule has 0 aromatic heterocycles. The third-order valence-electron chi connectivity index (χ3n) is 2.00. The van der Waals surface area contributed by atoms with E-state index in [2.05, 4.69) is 44.6 Å². The van der Waals surface area contributed by atoms with Crippen LogP contribution in [0.2, 0.25) is 0 Å². The molecule has 0 rings (SSSR count). The van der Waals surface area contributed by atoms with Crippen LogP contribution in [-0.2, 0) is 0 Å². The van der Waals surface area contributed by atoms with E-state index in [9.17, 15) is 0 Å². The van der Waals surface area contributed by atoms with Crippen molar-refractivity contribution in [3.63, 3.8) is 0 Å². The van der Waals surface area contributed by atoms with Gasteiger partial charge in [0, 0.05) is 6.21 Å². The van der Waals surface area contributed by atoms with Gasteiger partial charge in [-0.25, -0.2) is 0 Å². The van der Waals surface area contributed by atoms with Gasteiger partial charge in [0.05, 0.1) is 0 Å². The first-order valence-corrected chi connectivity index (χ1v) is 4.29. The second kappa shape index (κ2) is 4.50. The zero-order chi connectivity index (χ0) is 8.91. The SMILES string of the molecule is CC/C=N\C(C)(C)N(C)CC. The Labute approximate surface area is 70.3 Å². The molecule has 0 fully saturated rings. The minimum Gasteiger partial charge on any atom is -0.283 e. The predicted molar refractivity (Wildman–Crippen MR) is 51.2 cm³/mol. The number of aliphatic imine (C=N–C) groups is 1. The van der Waals surface area contributed by atoms with E-state index in [1.165, 1.54) is 0 Å². The summed E-state index contributed by atoms with van der Waals surface area (Å²) in [6.07, 6.45) is 2.99. The molecule has 0 aromatic carbocycles. The lowest BCUT2D eigenvalue weighted by molar-refractivity contribution is 0.175. The molecule has 2 nitrogen and oxygen atoms in total. The van der Waals surface area contributed by atoms with Crippen molar-refractivity contribution >= 4 is 6.21 Å². The van der Waals surface area contributed by atoms with Crippen LogP contribution in [-0.4, -0.2) is 30.4 Å². The maximum atomic E-state index is 4.45. The summed E-state index contributed by atoms with van der Waals surface area (Å²) < 4.78 is 0. The van der Waals surface area contributed by atoms with Crippen LogP contribution in [0.15, 0.2) is 4.99 Å². The van der Waals surface area contributed by atoms with E-state index in [4.69, 9.17) is 0 Å². The number of nitrogens with zero attached hydrogens (tertiary/aromatic N) is 2. The fraction of sp³-hybridized carbons (Fsp3) is 0.889. The molecular weight excluding hydrogens is 136 g/mol. The highest BCUT2D eigenvalue weighted by Crippen LogP contribution is 2.12. The van der Waals surface area contributed by atoms with Gasteiger partial charge in [-0.05, 0) is 33.9 Å². The Hall–Kier alpha value is -0.370. The van der Waals surface area contributed by atoms with E-state index in [-0.39, 0.29) is 5.66 Å². The third-order valence-corrected chi connectivity index (χ3v) is 2.00. The van der Waals surface area contributed by atoms with E-state index < -0.39 is 0 Å². The summed E-state index contributed by atoms with van der Waals surface area (Å²) in [4.78, 5) is 6.67. The van der Waals surface area contributed by atoms with Crippen molar-refractivity contribution in [2.45, 2.75) is 39.8 Å². The van der Waals surface area contributed by atoms with Gasteiger partial charge >= 0.3 is 0 Å². The van der Waals surface area contributed by atoms with E-state index in [0.717, 1.165) is 13.0 Å². The summed E-state index contributed by atoms with van der Waals surface area (Å²) in [5.41, 5.74) is -0.0369. The Morgan fingerprint density at radius 3 is 2.27 bits per heavy atom. The van der Waals surface area contributed by atoms with Crippen molar-refractivity contribution in [1.29, 1.82) is 0 Å². The molecule has 0 aliphatic carbocycles. The largest absolute Gasteiger partial charge is 0.283 e. The molecule has 66 valence electrons. The molecule has 2 heteroatoms. The van der Waals surface area contributed by atoms with E-state index in [1.54, 1.807) is 0 Å². The smallest absolute Gasteiger partial charge is 0.106 e. The lowest BCUT2D eigenvalue weighted by Crippen LogP contribution is -2.39. The molecular formula is C9H20N2. The summed E-state index contributed by atoms with van der Waals surface area (Å²) >= 11 is 0. The van der Waals surface area contributed by atoms with Gasteiger partial charge in [-0.3, -0.25) is 9.89 Å². The molecule has 0 N–H and O–H groups in total. The monoisotopic (exact) mass is 156 g/mol. The van der Waals surface area contributed by atoms with Gasteiger partial charge in [0.1, 0.15) is 5.66 Å². The zero-order valence-corrected chi connectivity index (χ0v) is 8.39. The minimum absolute atomic E-state index is 0.0369. The van der Waals surface area contributed by atoms with Crippen molar-refractivity contribution in [3.8, 4) is 0 Å². The van der Waals surface area contributed by atoms with Crippen LogP contribution in [0.4, 0.5) is 0 Å². The van der Waals surface area contributed by atoms with E-state index in [0.29, 0.717) is 0 Å². The van der Waals surface area contributed by atoms with Crippen LogP contribution < -0.4 is 0 Å². The van der Waals surface area contributed by atoms with Gasteiger partial charge in [0.2, 0.25) is 0 Å². The first-order chi connectivity index (χ1) is 5.04. The molecule has 0 unspecified atom stereocenters. The highest BCUT2D eigenvalue weighted by Gasteiger charge is 2.18. The maximum absolute atomic E-state index is 4.45. The van der Waals surface area contributed by atoms with Crippen LogP contribution >= 0.6 is 0 Å². The highest BCUT2D eigenvalue weighted by molar-refractivity contribution is 5.57. The van der Waals surface area contributed by atoms with Gasteiger partial charge in [-0.1, -0.05) is 13.8 Å². The topological polar surface area (TPSA) is 15.6 Å². The van der Waals surface area contributed by atoms with Crippen molar-refractivity contribution in [1.82, 2.24) is 4.90 Å². The van der Waals surface area contributed by atoms with Crippen molar-refractivity contribution in [2.24, 2.45) is 4.99 Å². The molecule has 0 radical (unpaired) electrons. The van der Waals surface area contributed by atoms with Crippen LogP contribution in [0, 0.1) is 0 Å². The Balaban J connectivity index is 4.08. The molecule has 0 saturated carbocycles. The third kappa shape index (κ3) is 3.51. The van der Waals surface area contributed by atoms with Crippen LogP contribution in [0.3, 0.4) is 0 Å². The lowest BCUT2D eigenvalue weighted by atomic mass is 10.2. The van der Waals surface area contributed by atoms with Crippen molar-refractivity contribution in [2.75, 3.05) is 13.6 Å². The number of rotatable bonds is 4. The van der Waals surface area contributed by atoms with E-state index >= 15 is 0 Å². The van der Waals surface area contributed by atoms with Gasteiger partial charge in [-0.15, -0.1) is 0 Å². The molecule has 0 aromatic rings. The van der Waals surface area contributed by atoms with Crippen molar-refractivity contribution in [3.05, 3.63) is 0 Å². The fourth-order valence-corrected chi connectivity index (χ4v) is 0.800. The van der Waals surface area contributed by atoms with E-state index in [1.807, 2.05) is 6.21 Å². The molecule has 0 spiro atoms. The second-order valence-electron chi connectivity index (χ2n) is 3.23. The van der Waals surface area contributed by atoms with Gasteiger partial charge in [0.15, 0.2) is 0 Å². The molecule has 11 heavy (non-hydrogen) atoms. The predicted octanol–water partition coefficient (Wildman–Crippen LogP) is 2.16. The van der Waals surface area contributed by atoms with Crippen molar-refractivity contribution < 1.29 is 0 Å². The normalized spacial score (nSPS) is 13.3. The summed E-state index contributed by atoms with van der Waals surface area (Å²) in [6, 6.07) is 0. The van der Waals surface area contributed by atoms with Gasteiger partial charge < -0.3 is 0 Å². The minimum atomic E-state index is -0.0369. The zero-order valence-electron chi connectivity index (χ0n) is 8.39. The molecule has 0 saturated heterocycles.